The lowest BCUT2D eigenvalue weighted by molar-refractivity contribution is 0.0937. The van der Waals surface area contributed by atoms with Crippen LogP contribution >= 0.6 is 0 Å². The maximum absolute atomic E-state index is 12.3. The van der Waals surface area contributed by atoms with Gasteiger partial charge in [0.2, 0.25) is 5.82 Å². The van der Waals surface area contributed by atoms with Crippen molar-refractivity contribution in [3.05, 3.63) is 23.8 Å². The van der Waals surface area contributed by atoms with Crippen LogP contribution in [0.3, 0.4) is 0 Å². The summed E-state index contributed by atoms with van der Waals surface area (Å²) in [7, 11) is 0. The van der Waals surface area contributed by atoms with E-state index in [1.165, 1.54) is 38.5 Å². The van der Waals surface area contributed by atoms with Crippen LogP contribution in [0.2, 0.25) is 0 Å². The predicted octanol–water partition coefficient (Wildman–Crippen LogP) is 2.13. The number of carbonyl (C=O) groups excluding carboxylic acids is 1. The van der Waals surface area contributed by atoms with E-state index in [2.05, 4.69) is 20.5 Å². The maximum Gasteiger partial charge on any atom is 0.289 e. The number of hydrogen-bond acceptors (Lipinski definition) is 4. The van der Waals surface area contributed by atoms with Crippen LogP contribution in [0.1, 0.15) is 54.8 Å². The molecule has 22 heavy (non-hydrogen) atoms. The fourth-order valence-electron chi connectivity index (χ4n) is 3.91. The van der Waals surface area contributed by atoms with E-state index in [0.29, 0.717) is 22.9 Å². The zero-order chi connectivity index (χ0) is 15.2. The number of nitrogens with one attached hydrogen (secondary N) is 1. The van der Waals surface area contributed by atoms with Crippen molar-refractivity contribution in [3.63, 3.8) is 0 Å². The number of hydrogen-bond donors (Lipinski definition) is 1. The quantitative estimate of drug-likeness (QED) is 0.942. The van der Waals surface area contributed by atoms with Crippen LogP contribution in [0, 0.1) is 18.3 Å². The fourth-order valence-corrected chi connectivity index (χ4v) is 3.91. The lowest BCUT2D eigenvalue weighted by Gasteiger charge is -2.22. The lowest BCUT2D eigenvalue weighted by atomic mass is 9.84. The van der Waals surface area contributed by atoms with Crippen LogP contribution in [0.25, 0.3) is 5.78 Å². The van der Waals surface area contributed by atoms with E-state index in [1.807, 2.05) is 13.0 Å². The van der Waals surface area contributed by atoms with Gasteiger partial charge in [-0.25, -0.2) is 4.98 Å². The molecule has 1 unspecified atom stereocenters. The molecule has 2 saturated carbocycles. The van der Waals surface area contributed by atoms with E-state index in [-0.39, 0.29) is 5.91 Å². The second-order valence-electron chi connectivity index (χ2n) is 6.80. The molecule has 1 spiro atoms. The average Bonchev–Trinajstić information content (AvgIpc) is 3.01. The van der Waals surface area contributed by atoms with Crippen molar-refractivity contribution in [2.24, 2.45) is 11.3 Å². The Morgan fingerprint density at radius 2 is 2.18 bits per heavy atom. The number of nitrogens with zero attached hydrogens (tertiary/aromatic N) is 4. The number of amides is 1. The zero-order valence-corrected chi connectivity index (χ0v) is 12.9. The molecule has 116 valence electrons. The molecule has 2 fully saturated rings. The highest BCUT2D eigenvalue weighted by atomic mass is 16.2. The van der Waals surface area contributed by atoms with Crippen LogP contribution < -0.4 is 5.32 Å². The van der Waals surface area contributed by atoms with Gasteiger partial charge in [-0.3, -0.25) is 9.20 Å². The van der Waals surface area contributed by atoms with Gasteiger partial charge in [-0.15, -0.1) is 10.2 Å². The second kappa shape index (κ2) is 5.04. The molecule has 1 atom stereocenters. The molecule has 0 saturated heterocycles. The maximum atomic E-state index is 12.3. The zero-order valence-electron chi connectivity index (χ0n) is 12.9. The number of rotatable bonds is 3. The molecule has 2 aromatic rings. The standard InChI is InChI=1S/C16H21N5O/c1-11-5-8-21-13(19-20-15(21)18-11)14(22)17-10-12-9-16(12)6-3-2-4-7-16/h5,8,12H,2-4,6-7,9-10H2,1H3,(H,17,22). The van der Waals surface area contributed by atoms with Crippen LogP contribution in [-0.4, -0.2) is 32.0 Å². The van der Waals surface area contributed by atoms with Gasteiger partial charge >= 0.3 is 0 Å². The van der Waals surface area contributed by atoms with Gasteiger partial charge in [0.1, 0.15) is 0 Å². The lowest BCUT2D eigenvalue weighted by Crippen LogP contribution is -2.29. The summed E-state index contributed by atoms with van der Waals surface area (Å²) in [6, 6.07) is 1.85. The van der Waals surface area contributed by atoms with E-state index >= 15 is 0 Å². The molecule has 0 bridgehead atoms. The fraction of sp³-hybridized carbons (Fsp3) is 0.625. The number of carbonyl (C=O) groups is 1. The van der Waals surface area contributed by atoms with Crippen molar-refractivity contribution in [1.29, 1.82) is 0 Å². The summed E-state index contributed by atoms with van der Waals surface area (Å²) in [6.07, 6.45) is 9.82. The van der Waals surface area contributed by atoms with E-state index in [9.17, 15) is 4.79 Å². The normalized spacial score (nSPS) is 22.9. The average molecular weight is 299 g/mol. The number of aryl methyl sites for hydroxylation is 1. The first kappa shape index (κ1) is 13.7. The minimum Gasteiger partial charge on any atom is -0.349 e. The first-order valence-electron chi connectivity index (χ1n) is 8.15. The van der Waals surface area contributed by atoms with Crippen molar-refractivity contribution < 1.29 is 4.79 Å². The third kappa shape index (κ3) is 2.26. The van der Waals surface area contributed by atoms with Gasteiger partial charge in [-0.2, -0.15) is 0 Å². The van der Waals surface area contributed by atoms with Crippen LogP contribution in [0.4, 0.5) is 0 Å². The Kier molecular flexibility index (Phi) is 3.13. The molecule has 6 nitrogen and oxygen atoms in total. The Morgan fingerprint density at radius 3 is 3.00 bits per heavy atom. The van der Waals surface area contributed by atoms with Gasteiger partial charge in [-0.1, -0.05) is 19.3 Å². The molecular weight excluding hydrogens is 278 g/mol. The Bertz CT molecular complexity index is 716. The minimum atomic E-state index is -0.156. The molecule has 2 aromatic heterocycles. The van der Waals surface area contributed by atoms with Crippen LogP contribution in [-0.2, 0) is 0 Å². The van der Waals surface area contributed by atoms with Crippen molar-refractivity contribution in [2.75, 3.05) is 6.54 Å². The SMILES string of the molecule is Cc1ccn2c(C(=O)NCC3CC34CCCCC4)nnc2n1. The van der Waals surface area contributed by atoms with Crippen molar-refractivity contribution in [1.82, 2.24) is 24.9 Å². The molecule has 0 aromatic carbocycles. The summed E-state index contributed by atoms with van der Waals surface area (Å²) in [5.41, 5.74) is 1.40. The summed E-state index contributed by atoms with van der Waals surface area (Å²) in [5.74, 6) is 1.29. The molecule has 1 N–H and O–H groups in total. The third-order valence-corrected chi connectivity index (χ3v) is 5.34. The van der Waals surface area contributed by atoms with Gasteiger partial charge in [0.05, 0.1) is 0 Å². The van der Waals surface area contributed by atoms with Gasteiger partial charge in [-0.05, 0) is 43.6 Å². The predicted molar refractivity (Wildman–Crippen MR) is 81.5 cm³/mol. The summed E-state index contributed by atoms with van der Waals surface area (Å²) in [4.78, 5) is 16.6. The van der Waals surface area contributed by atoms with Crippen molar-refractivity contribution in [3.8, 4) is 0 Å². The first-order valence-corrected chi connectivity index (χ1v) is 8.15. The topological polar surface area (TPSA) is 72.2 Å². The van der Waals surface area contributed by atoms with E-state index < -0.39 is 0 Å². The monoisotopic (exact) mass is 299 g/mol. The summed E-state index contributed by atoms with van der Waals surface area (Å²) in [6.45, 7) is 2.65. The van der Waals surface area contributed by atoms with Gasteiger partial charge in [0.25, 0.3) is 11.7 Å². The molecule has 0 radical (unpaired) electrons. The summed E-state index contributed by atoms with van der Waals surface area (Å²) < 4.78 is 1.64. The molecule has 1 amide bonds. The Labute approximate surface area is 129 Å². The Morgan fingerprint density at radius 1 is 1.36 bits per heavy atom. The molecule has 2 aliphatic rings. The first-order chi connectivity index (χ1) is 10.7. The van der Waals surface area contributed by atoms with Gasteiger partial charge in [0.15, 0.2) is 0 Å². The number of aromatic nitrogens is 4. The van der Waals surface area contributed by atoms with E-state index in [4.69, 9.17) is 0 Å². The smallest absolute Gasteiger partial charge is 0.289 e. The highest BCUT2D eigenvalue weighted by Gasteiger charge is 2.53. The molecular formula is C16H21N5O. The largest absolute Gasteiger partial charge is 0.349 e. The van der Waals surface area contributed by atoms with Crippen LogP contribution in [0.5, 0.6) is 0 Å². The van der Waals surface area contributed by atoms with E-state index in [1.54, 1.807) is 10.6 Å². The molecule has 0 aliphatic heterocycles. The van der Waals surface area contributed by atoms with Gasteiger partial charge < -0.3 is 5.32 Å². The molecule has 4 rings (SSSR count). The summed E-state index contributed by atoms with van der Waals surface area (Å²) in [5, 5.41) is 11.0. The van der Waals surface area contributed by atoms with Crippen molar-refractivity contribution in [2.45, 2.75) is 45.4 Å². The molecule has 2 aliphatic carbocycles. The highest BCUT2D eigenvalue weighted by molar-refractivity contribution is 5.91. The second-order valence-corrected chi connectivity index (χ2v) is 6.80. The highest BCUT2D eigenvalue weighted by Crippen LogP contribution is 2.60. The summed E-state index contributed by atoms with van der Waals surface area (Å²) >= 11 is 0. The third-order valence-electron chi connectivity index (χ3n) is 5.34. The van der Waals surface area contributed by atoms with Crippen molar-refractivity contribution >= 4 is 11.7 Å². The van der Waals surface area contributed by atoms with E-state index in [0.717, 1.165) is 12.2 Å². The van der Waals surface area contributed by atoms with Crippen LogP contribution in [0.15, 0.2) is 12.3 Å². The van der Waals surface area contributed by atoms with Gasteiger partial charge in [0, 0.05) is 18.4 Å². The molecule has 6 heteroatoms. The molecule has 2 heterocycles. The Hall–Kier alpha value is -1.98. The minimum absolute atomic E-state index is 0.156. The number of fused-ring (bicyclic) bond motifs is 1. The Balaban J connectivity index is 1.42.